The molecule has 114 valence electrons. The van der Waals surface area contributed by atoms with E-state index in [9.17, 15) is 4.79 Å². The smallest absolute Gasteiger partial charge is 0.271 e. The molecule has 2 heterocycles. The predicted octanol–water partition coefficient (Wildman–Crippen LogP) is 3.60. The van der Waals surface area contributed by atoms with E-state index in [4.69, 9.17) is 4.74 Å². The van der Waals surface area contributed by atoms with Crippen molar-refractivity contribution in [2.45, 2.75) is 6.42 Å². The van der Waals surface area contributed by atoms with Gasteiger partial charge in [-0.3, -0.25) is 4.79 Å². The largest absolute Gasteiger partial charge is 0.493 e. The number of para-hydroxylation sites is 1. The third-order valence-corrected chi connectivity index (χ3v) is 4.33. The summed E-state index contributed by atoms with van der Waals surface area (Å²) in [5.41, 5.74) is 3.23. The van der Waals surface area contributed by atoms with E-state index in [1.54, 1.807) is 6.07 Å². The van der Waals surface area contributed by atoms with Crippen LogP contribution in [0.3, 0.4) is 0 Å². The lowest BCUT2D eigenvalue weighted by Crippen LogP contribution is -2.22. The monoisotopic (exact) mass is 368 g/mol. The molecule has 0 radical (unpaired) electrons. The summed E-state index contributed by atoms with van der Waals surface area (Å²) in [5.74, 6) is 0.790. The molecule has 1 aliphatic rings. The Morgan fingerprint density at radius 1 is 1.09 bits per heavy atom. The van der Waals surface area contributed by atoms with Crippen LogP contribution in [-0.2, 0) is 6.42 Å². The van der Waals surface area contributed by atoms with Gasteiger partial charge in [-0.15, -0.1) is 0 Å². The third-order valence-electron chi connectivity index (χ3n) is 3.84. The van der Waals surface area contributed by atoms with E-state index < -0.39 is 0 Å². The summed E-state index contributed by atoms with van der Waals surface area (Å²) in [6.45, 7) is 0.540. The molecule has 4 rings (SSSR count). The molecule has 0 N–H and O–H groups in total. The van der Waals surface area contributed by atoms with Gasteiger partial charge in [0.05, 0.1) is 18.0 Å². The first-order valence-corrected chi connectivity index (χ1v) is 8.13. The second kappa shape index (κ2) is 5.66. The van der Waals surface area contributed by atoms with Gasteiger partial charge in [0.1, 0.15) is 5.75 Å². The molecule has 1 aliphatic heterocycles. The zero-order valence-electron chi connectivity index (χ0n) is 12.2. The van der Waals surface area contributed by atoms with Gasteiger partial charge in [-0.1, -0.05) is 34.1 Å². The van der Waals surface area contributed by atoms with Gasteiger partial charge in [-0.2, -0.15) is 9.78 Å². The van der Waals surface area contributed by atoms with E-state index in [0.29, 0.717) is 13.0 Å². The van der Waals surface area contributed by atoms with Crippen molar-refractivity contribution in [1.29, 1.82) is 0 Å². The quantitative estimate of drug-likeness (QED) is 0.659. The van der Waals surface area contributed by atoms with E-state index in [-0.39, 0.29) is 5.56 Å². The van der Waals surface area contributed by atoms with Crippen molar-refractivity contribution >= 4 is 15.9 Å². The van der Waals surface area contributed by atoms with Crippen LogP contribution in [0, 0.1) is 0 Å². The van der Waals surface area contributed by atoms with Gasteiger partial charge in [0, 0.05) is 22.5 Å². The number of nitrogens with zero attached hydrogens (tertiary/aromatic N) is 2. The predicted molar refractivity (Wildman–Crippen MR) is 92.2 cm³/mol. The molecule has 0 unspecified atom stereocenters. The van der Waals surface area contributed by atoms with Crippen LogP contribution in [0.25, 0.3) is 16.9 Å². The zero-order valence-corrected chi connectivity index (χ0v) is 13.8. The van der Waals surface area contributed by atoms with E-state index in [1.165, 1.54) is 4.68 Å². The minimum atomic E-state index is -0.131. The number of fused-ring (bicyclic) bond motifs is 3. The van der Waals surface area contributed by atoms with Crippen LogP contribution in [0.15, 0.2) is 63.9 Å². The lowest BCUT2D eigenvalue weighted by Gasteiger charge is -2.11. The highest BCUT2D eigenvalue weighted by atomic mass is 79.9. The van der Waals surface area contributed by atoms with Crippen LogP contribution in [0.5, 0.6) is 5.75 Å². The number of benzene rings is 2. The van der Waals surface area contributed by atoms with Crippen LogP contribution in [0.2, 0.25) is 0 Å². The molecule has 2 aromatic carbocycles. The Morgan fingerprint density at radius 2 is 1.91 bits per heavy atom. The van der Waals surface area contributed by atoms with Gasteiger partial charge in [0.2, 0.25) is 0 Å². The van der Waals surface area contributed by atoms with Crippen LogP contribution >= 0.6 is 15.9 Å². The van der Waals surface area contributed by atoms with Crippen molar-refractivity contribution in [2.75, 3.05) is 6.61 Å². The number of ether oxygens (including phenoxy) is 1. The second-order valence-corrected chi connectivity index (χ2v) is 6.26. The Hall–Kier alpha value is -2.40. The first-order valence-electron chi connectivity index (χ1n) is 7.34. The van der Waals surface area contributed by atoms with Crippen molar-refractivity contribution in [3.8, 4) is 22.7 Å². The summed E-state index contributed by atoms with van der Waals surface area (Å²) in [6, 6.07) is 16.9. The van der Waals surface area contributed by atoms with E-state index in [0.717, 1.165) is 32.7 Å². The minimum absolute atomic E-state index is 0.131. The molecule has 0 aliphatic carbocycles. The standard InChI is InChI=1S/C18H13BrN2O2/c19-13-6-7-16-15(11-13)18-12(8-9-23-16)10-17(22)21(20-18)14-4-2-1-3-5-14/h1-7,10-11H,8-9H2. The lowest BCUT2D eigenvalue weighted by atomic mass is 10.0. The van der Waals surface area contributed by atoms with Gasteiger partial charge < -0.3 is 4.74 Å². The maximum atomic E-state index is 12.4. The molecule has 0 saturated carbocycles. The fourth-order valence-electron chi connectivity index (χ4n) is 2.75. The maximum Gasteiger partial charge on any atom is 0.271 e. The fraction of sp³-hybridized carbons (Fsp3) is 0.111. The molecule has 0 amide bonds. The maximum absolute atomic E-state index is 12.4. The van der Waals surface area contributed by atoms with Crippen molar-refractivity contribution < 1.29 is 4.74 Å². The summed E-state index contributed by atoms with van der Waals surface area (Å²) >= 11 is 3.49. The number of hydrogen-bond donors (Lipinski definition) is 0. The summed E-state index contributed by atoms with van der Waals surface area (Å²) < 4.78 is 8.19. The number of aromatic nitrogens is 2. The van der Waals surface area contributed by atoms with Crippen molar-refractivity contribution in [2.24, 2.45) is 0 Å². The average molecular weight is 369 g/mol. The van der Waals surface area contributed by atoms with Crippen LogP contribution in [0.4, 0.5) is 0 Å². The minimum Gasteiger partial charge on any atom is -0.493 e. The molecule has 23 heavy (non-hydrogen) atoms. The molecule has 0 saturated heterocycles. The Morgan fingerprint density at radius 3 is 2.74 bits per heavy atom. The van der Waals surface area contributed by atoms with Gasteiger partial charge in [0.15, 0.2) is 0 Å². The van der Waals surface area contributed by atoms with Gasteiger partial charge in [-0.25, -0.2) is 0 Å². The first kappa shape index (κ1) is 14.2. The second-order valence-electron chi connectivity index (χ2n) is 5.34. The molecule has 4 nitrogen and oxygen atoms in total. The van der Waals surface area contributed by atoms with E-state index >= 15 is 0 Å². The summed E-state index contributed by atoms with van der Waals surface area (Å²) in [6.07, 6.45) is 0.666. The SMILES string of the molecule is O=c1cc2c(nn1-c1ccccc1)-c1cc(Br)ccc1OCC2. The van der Waals surface area contributed by atoms with Crippen LogP contribution in [-0.4, -0.2) is 16.4 Å². The zero-order chi connectivity index (χ0) is 15.8. The Labute approximate surface area is 141 Å². The molecule has 0 bridgehead atoms. The molecule has 5 heteroatoms. The molecular weight excluding hydrogens is 356 g/mol. The summed E-state index contributed by atoms with van der Waals surface area (Å²) in [4.78, 5) is 12.4. The first-order chi connectivity index (χ1) is 11.2. The molecule has 1 aromatic heterocycles. The normalized spacial score (nSPS) is 12.7. The van der Waals surface area contributed by atoms with Gasteiger partial charge in [-0.05, 0) is 35.9 Å². The highest BCUT2D eigenvalue weighted by Crippen LogP contribution is 2.35. The molecule has 0 spiro atoms. The van der Waals surface area contributed by atoms with E-state index in [1.807, 2.05) is 48.5 Å². The Balaban J connectivity index is 1.99. The molecular formula is C18H13BrN2O2. The average Bonchev–Trinajstić information content (AvgIpc) is 2.73. The van der Waals surface area contributed by atoms with Crippen molar-refractivity contribution in [1.82, 2.24) is 9.78 Å². The highest BCUT2D eigenvalue weighted by Gasteiger charge is 2.19. The Kier molecular flexibility index (Phi) is 3.50. The van der Waals surface area contributed by atoms with Gasteiger partial charge >= 0.3 is 0 Å². The number of halogens is 1. The summed E-state index contributed by atoms with van der Waals surface area (Å²) in [7, 11) is 0. The highest BCUT2D eigenvalue weighted by molar-refractivity contribution is 9.10. The molecule has 0 fully saturated rings. The lowest BCUT2D eigenvalue weighted by molar-refractivity contribution is 0.326. The van der Waals surface area contributed by atoms with Crippen molar-refractivity contribution in [3.63, 3.8) is 0 Å². The third kappa shape index (κ3) is 2.57. The number of rotatable bonds is 1. The van der Waals surface area contributed by atoms with E-state index in [2.05, 4.69) is 21.0 Å². The van der Waals surface area contributed by atoms with Crippen molar-refractivity contribution in [3.05, 3.63) is 75.0 Å². The number of hydrogen-bond acceptors (Lipinski definition) is 3. The summed E-state index contributed by atoms with van der Waals surface area (Å²) in [5, 5.41) is 4.63. The van der Waals surface area contributed by atoms with Crippen LogP contribution < -0.4 is 10.3 Å². The van der Waals surface area contributed by atoms with Gasteiger partial charge in [0.25, 0.3) is 5.56 Å². The Bertz CT molecular complexity index is 935. The molecule has 0 atom stereocenters. The fourth-order valence-corrected chi connectivity index (χ4v) is 3.11. The molecule has 3 aromatic rings. The van der Waals surface area contributed by atoms with Crippen LogP contribution in [0.1, 0.15) is 5.56 Å². The topological polar surface area (TPSA) is 44.1 Å².